The maximum absolute atomic E-state index is 15.1. The van der Waals surface area contributed by atoms with Crippen LogP contribution in [0.2, 0.25) is 0 Å². The number of allylic oxidation sites excluding steroid dienone is 1. The molecule has 16 nitrogen and oxygen atoms in total. The molecule has 6 atom stereocenters. The van der Waals surface area contributed by atoms with Crippen LogP contribution < -0.4 is 24.3 Å². The lowest BCUT2D eigenvalue weighted by Gasteiger charge is -2.60. The van der Waals surface area contributed by atoms with Gasteiger partial charge in [0.1, 0.15) is 24.1 Å². The minimum Gasteiger partial charge on any atom is -0.459 e. The van der Waals surface area contributed by atoms with Crippen LogP contribution in [0.3, 0.4) is 0 Å². The molecule has 2 saturated carbocycles. The van der Waals surface area contributed by atoms with Crippen LogP contribution in [0.5, 0.6) is 23.0 Å². The van der Waals surface area contributed by atoms with E-state index in [1.807, 2.05) is 35.2 Å². The minimum absolute atomic E-state index is 0.0264. The molecule has 16 heteroatoms. The Balaban J connectivity index is 1.18. The molecule has 2 fully saturated rings. The lowest BCUT2D eigenvalue weighted by molar-refractivity contribution is -0.384. The number of oxime groups is 1. The first-order valence-corrected chi connectivity index (χ1v) is 27.8. The van der Waals surface area contributed by atoms with Gasteiger partial charge in [-0.15, -0.1) is 6.58 Å². The number of aliphatic hydroxyl groups excluding tert-OH is 2. The van der Waals surface area contributed by atoms with E-state index in [0.29, 0.717) is 53.7 Å². The van der Waals surface area contributed by atoms with Crippen molar-refractivity contribution in [2.24, 2.45) is 28.8 Å². The fourth-order valence-electron chi connectivity index (χ4n) is 11.7. The van der Waals surface area contributed by atoms with Crippen LogP contribution >= 0.6 is 0 Å². The summed E-state index contributed by atoms with van der Waals surface area (Å²) in [5.41, 5.74) is 3.77. The molecule has 3 aromatic carbocycles. The van der Waals surface area contributed by atoms with Crippen molar-refractivity contribution >= 4 is 23.4 Å². The molecule has 2 amide bonds. The van der Waals surface area contributed by atoms with Gasteiger partial charge >= 0.3 is 6.09 Å². The number of non-ortho nitro benzene ring substituents is 1. The maximum Gasteiger partial charge on any atom is 0.412 e. The fraction of sp³-hybridized carbons (Fsp3) is 0.576. The molecule has 3 N–H and O–H groups in total. The van der Waals surface area contributed by atoms with Gasteiger partial charge in [-0.2, -0.15) is 0 Å². The van der Waals surface area contributed by atoms with E-state index >= 15 is 4.79 Å². The van der Waals surface area contributed by atoms with E-state index in [1.165, 1.54) is 57.1 Å². The van der Waals surface area contributed by atoms with Gasteiger partial charge in [0.15, 0.2) is 11.5 Å². The van der Waals surface area contributed by atoms with Crippen molar-refractivity contribution in [2.45, 2.75) is 160 Å². The highest BCUT2D eigenvalue weighted by molar-refractivity contribution is 6.03. The van der Waals surface area contributed by atoms with Crippen molar-refractivity contribution in [2.75, 3.05) is 33.2 Å². The van der Waals surface area contributed by atoms with Crippen molar-refractivity contribution in [1.82, 2.24) is 10.2 Å². The van der Waals surface area contributed by atoms with Crippen molar-refractivity contribution in [3.8, 4) is 23.0 Å². The monoisotopic (exact) mass is 1030 g/mol. The van der Waals surface area contributed by atoms with Gasteiger partial charge < -0.3 is 49.0 Å². The second-order valence-corrected chi connectivity index (χ2v) is 20.9. The third-order valence-corrected chi connectivity index (χ3v) is 15.6. The molecule has 0 radical (unpaired) electrons. The fourth-order valence-corrected chi connectivity index (χ4v) is 11.7. The van der Waals surface area contributed by atoms with E-state index in [1.54, 1.807) is 24.3 Å². The van der Waals surface area contributed by atoms with Gasteiger partial charge in [0, 0.05) is 62.3 Å². The van der Waals surface area contributed by atoms with E-state index in [0.717, 1.165) is 74.5 Å². The van der Waals surface area contributed by atoms with E-state index < -0.39 is 28.8 Å². The molecule has 0 spiro atoms. The molecule has 3 aromatic rings. The molecule has 406 valence electrons. The standard InChI is InChI=1S/C59H78N4O12/c1-3-5-6-7-8-9-10-11-12-15-30-60-58(67)74-46-27-29-51-49(36-46)55-47(19-14-17-32-65)44(18-13-16-31-64)35-48-50(61-73-39-41-20-25-45(26-21-41)63(68)69)37-54(59(75-51,56(48)55)72-33-4-2)62(57(66)43-23-24-43)38-42-22-28-52-53(34-42)71-40-70-52/h4,20-22,25-29,34-36,43-44,47,54-56,64-65H,2-3,5-19,23-24,30-33,37-40H2,1H3,(H,60,67)/t44-,47+,54-,55+,56+,59+/m0/s1. The molecule has 8 rings (SSSR count). The number of fused-ring (bicyclic) bond motifs is 3. The number of carbonyl (C=O) groups is 2. The predicted octanol–water partition coefficient (Wildman–Crippen LogP) is 11.6. The summed E-state index contributed by atoms with van der Waals surface area (Å²) < 4.78 is 32.2. The number of nitrogens with one attached hydrogen (secondary N) is 1. The average Bonchev–Trinajstić information content (AvgIpc) is 4.28. The van der Waals surface area contributed by atoms with Crippen LogP contribution in [-0.2, 0) is 27.5 Å². The van der Waals surface area contributed by atoms with E-state index in [2.05, 4.69) is 24.9 Å². The molecule has 2 aliphatic heterocycles. The van der Waals surface area contributed by atoms with Gasteiger partial charge in [0.05, 0.1) is 23.2 Å². The summed E-state index contributed by atoms with van der Waals surface area (Å²) in [5.74, 6) is -0.622. The van der Waals surface area contributed by atoms with Crippen molar-refractivity contribution in [3.63, 3.8) is 0 Å². The van der Waals surface area contributed by atoms with Crippen LogP contribution in [0.15, 0.2) is 90.1 Å². The zero-order valence-electron chi connectivity index (χ0n) is 43.8. The Morgan fingerprint density at radius 2 is 1.56 bits per heavy atom. The molecule has 2 heterocycles. The molecule has 75 heavy (non-hydrogen) atoms. The molecule has 0 aromatic heterocycles. The first-order chi connectivity index (χ1) is 36.7. The first kappa shape index (κ1) is 55.3. The van der Waals surface area contributed by atoms with Gasteiger partial charge in [-0.3, -0.25) is 14.9 Å². The van der Waals surface area contributed by atoms with Crippen LogP contribution in [0.1, 0.15) is 152 Å². The summed E-state index contributed by atoms with van der Waals surface area (Å²) in [6.07, 6.45) is 21.2. The number of nitro groups is 1. The summed E-state index contributed by atoms with van der Waals surface area (Å²) in [7, 11) is 0. The number of amides is 2. The lowest BCUT2D eigenvalue weighted by Crippen LogP contribution is -2.70. The molecule has 0 saturated heterocycles. The smallest absolute Gasteiger partial charge is 0.412 e. The normalized spacial score (nSPS) is 22.6. The van der Waals surface area contributed by atoms with Gasteiger partial charge in [0.2, 0.25) is 18.5 Å². The molecular formula is C59H78N4O12. The lowest BCUT2D eigenvalue weighted by atomic mass is 9.55. The number of rotatable bonds is 31. The maximum atomic E-state index is 15.1. The van der Waals surface area contributed by atoms with Gasteiger partial charge in [0.25, 0.3) is 5.69 Å². The quantitative estimate of drug-likeness (QED) is 0.0239. The minimum atomic E-state index is -1.50. The number of unbranched alkanes of at least 4 members (excludes halogenated alkanes) is 11. The highest BCUT2D eigenvalue weighted by atomic mass is 16.7. The Labute approximate surface area is 442 Å². The Morgan fingerprint density at radius 3 is 2.27 bits per heavy atom. The Bertz CT molecular complexity index is 2460. The van der Waals surface area contributed by atoms with E-state index in [9.17, 15) is 25.1 Å². The Kier molecular flexibility index (Phi) is 20.0. The number of hydrogen-bond acceptors (Lipinski definition) is 13. The highest BCUT2D eigenvalue weighted by Gasteiger charge is 2.66. The van der Waals surface area contributed by atoms with Gasteiger partial charge in [-0.05, 0) is 116 Å². The number of carbonyl (C=O) groups excluding carboxylic acids is 2. The molecule has 3 aliphatic carbocycles. The summed E-state index contributed by atoms with van der Waals surface area (Å²) in [6.45, 7) is 7.33. The predicted molar refractivity (Wildman–Crippen MR) is 285 cm³/mol. The van der Waals surface area contributed by atoms with E-state index in [-0.39, 0.29) is 81.5 Å². The second-order valence-electron chi connectivity index (χ2n) is 20.9. The SMILES string of the molecule is C=CCO[C@@]12Oc3ccc(OC(=O)NCCCCCCCCCCCC)cc3[C@H]3[C@H](CCCCO)[C@@H](CCCCO)C=C(C(=NOCc4ccc([N+](=O)[O-])cc4)C[C@@H]1N(Cc1ccc4c(c1)OCO4)C(=O)C1CC1)[C@H]32. The largest absolute Gasteiger partial charge is 0.459 e. The Hall–Kier alpha value is -5.97. The molecule has 0 bridgehead atoms. The summed E-state index contributed by atoms with van der Waals surface area (Å²) >= 11 is 0. The van der Waals surface area contributed by atoms with Crippen LogP contribution in [0.4, 0.5) is 10.5 Å². The summed E-state index contributed by atoms with van der Waals surface area (Å²) in [5, 5.41) is 39.5. The third kappa shape index (κ3) is 13.9. The number of hydrogen-bond donors (Lipinski definition) is 3. The van der Waals surface area contributed by atoms with Crippen LogP contribution in [0, 0.1) is 33.8 Å². The zero-order chi connectivity index (χ0) is 52.6. The number of nitro benzene ring substituents is 1. The van der Waals surface area contributed by atoms with Gasteiger partial charge in [-0.25, -0.2) is 4.79 Å². The molecule has 5 aliphatic rings. The van der Waals surface area contributed by atoms with Crippen molar-refractivity contribution in [1.29, 1.82) is 0 Å². The Morgan fingerprint density at radius 1 is 0.867 bits per heavy atom. The first-order valence-electron chi connectivity index (χ1n) is 27.8. The summed E-state index contributed by atoms with van der Waals surface area (Å²) in [6, 6.07) is 16.6. The van der Waals surface area contributed by atoms with E-state index in [4.69, 9.17) is 33.7 Å². The topological polar surface area (TPSA) is 201 Å². The second kappa shape index (κ2) is 27.2. The zero-order valence-corrected chi connectivity index (χ0v) is 43.8. The van der Waals surface area contributed by atoms with Crippen molar-refractivity contribution in [3.05, 3.63) is 112 Å². The van der Waals surface area contributed by atoms with Crippen molar-refractivity contribution < 1.29 is 53.2 Å². The number of benzene rings is 3. The summed E-state index contributed by atoms with van der Waals surface area (Å²) in [4.78, 5) is 47.7. The van der Waals surface area contributed by atoms with Crippen LogP contribution in [-0.4, -0.2) is 82.7 Å². The molecular weight excluding hydrogens is 957 g/mol. The highest BCUT2D eigenvalue weighted by Crippen LogP contribution is 2.62. The number of aliphatic hydroxyl groups is 2. The number of nitrogens with zero attached hydrogens (tertiary/aromatic N) is 3. The van der Waals surface area contributed by atoms with Gasteiger partial charge in [-0.1, -0.05) is 101 Å². The average molecular weight is 1040 g/mol. The third-order valence-electron chi connectivity index (χ3n) is 15.6. The van der Waals surface area contributed by atoms with Crippen LogP contribution in [0.25, 0.3) is 0 Å². The molecule has 0 unspecified atom stereocenters. The number of ether oxygens (including phenoxy) is 5.